The second kappa shape index (κ2) is 7.58. The topological polar surface area (TPSA) is 37.8 Å². The van der Waals surface area contributed by atoms with Crippen molar-refractivity contribution in [3.63, 3.8) is 0 Å². The third kappa shape index (κ3) is 4.56. The van der Waals surface area contributed by atoms with Crippen LogP contribution in [0.1, 0.15) is 28.9 Å². The van der Waals surface area contributed by atoms with E-state index in [1.807, 2.05) is 24.3 Å². The van der Waals surface area contributed by atoms with Gasteiger partial charge in [0.05, 0.1) is 0 Å². The molecule has 0 aliphatic rings. The fraction of sp³-hybridized carbons (Fsp3) is 0.429. The van der Waals surface area contributed by atoms with Crippen LogP contribution in [0.25, 0.3) is 0 Å². The van der Waals surface area contributed by atoms with Crippen molar-refractivity contribution >= 4 is 22.9 Å². The van der Waals surface area contributed by atoms with Crippen molar-refractivity contribution in [2.45, 2.75) is 26.2 Å². The Morgan fingerprint density at radius 2 is 2.00 bits per heavy atom. The molecule has 0 fully saturated rings. The molecule has 2 rings (SSSR count). The summed E-state index contributed by atoms with van der Waals surface area (Å²) in [4.78, 5) is 0. The Balaban J connectivity index is 1.89. The zero-order chi connectivity index (χ0) is 13.5. The van der Waals surface area contributed by atoms with Gasteiger partial charge in [-0.25, -0.2) is 0 Å². The van der Waals surface area contributed by atoms with Crippen LogP contribution in [0.2, 0.25) is 5.02 Å². The minimum atomic E-state index is 0.768. The van der Waals surface area contributed by atoms with Crippen LogP contribution < -0.4 is 5.32 Å². The van der Waals surface area contributed by atoms with Gasteiger partial charge in [0, 0.05) is 17.9 Å². The van der Waals surface area contributed by atoms with Gasteiger partial charge >= 0.3 is 0 Å². The van der Waals surface area contributed by atoms with Gasteiger partial charge in [0.15, 0.2) is 0 Å². The Hall–Kier alpha value is -0.970. The maximum Gasteiger partial charge on any atom is 0.121 e. The fourth-order valence-electron chi connectivity index (χ4n) is 1.81. The van der Waals surface area contributed by atoms with Gasteiger partial charge in [-0.1, -0.05) is 36.7 Å². The molecule has 0 unspecified atom stereocenters. The molecule has 1 heterocycles. The van der Waals surface area contributed by atoms with E-state index in [1.54, 1.807) is 11.3 Å². The fourth-order valence-corrected chi connectivity index (χ4v) is 2.92. The predicted molar refractivity (Wildman–Crippen MR) is 81.0 cm³/mol. The van der Waals surface area contributed by atoms with Crippen molar-refractivity contribution in [1.82, 2.24) is 15.5 Å². The lowest BCUT2D eigenvalue weighted by atomic mass is 10.2. The number of rotatable bonds is 7. The summed E-state index contributed by atoms with van der Waals surface area (Å²) in [6, 6.07) is 7.89. The summed E-state index contributed by atoms with van der Waals surface area (Å²) in [6.45, 7) is 4.18. The van der Waals surface area contributed by atoms with Gasteiger partial charge in [-0.2, -0.15) is 0 Å². The smallest absolute Gasteiger partial charge is 0.121 e. The number of nitrogens with zero attached hydrogens (tertiary/aromatic N) is 2. The number of aryl methyl sites for hydroxylation is 1. The molecule has 2 aromatic rings. The van der Waals surface area contributed by atoms with Crippen LogP contribution in [0.15, 0.2) is 24.3 Å². The molecule has 0 amide bonds. The third-order valence-corrected chi connectivity index (χ3v) is 4.15. The van der Waals surface area contributed by atoms with Crippen LogP contribution in [-0.4, -0.2) is 23.3 Å². The van der Waals surface area contributed by atoms with Gasteiger partial charge in [-0.3, -0.25) is 0 Å². The Morgan fingerprint density at radius 3 is 2.79 bits per heavy atom. The molecule has 19 heavy (non-hydrogen) atoms. The molecule has 0 atom stereocenters. The van der Waals surface area contributed by atoms with E-state index in [1.165, 1.54) is 0 Å². The summed E-state index contributed by atoms with van der Waals surface area (Å²) in [7, 11) is 0. The standard InChI is InChI=1S/C14H18ClN3S/c1-2-16-9-5-8-13-17-18-14(19-13)10-11-6-3-4-7-12(11)15/h3-4,6-7,16H,2,5,8-10H2,1H3. The van der Waals surface area contributed by atoms with Crippen LogP contribution in [-0.2, 0) is 12.8 Å². The van der Waals surface area contributed by atoms with Gasteiger partial charge in [0.2, 0.25) is 0 Å². The second-order valence-corrected chi connectivity index (χ2v) is 5.87. The molecular formula is C14H18ClN3S. The van der Waals surface area contributed by atoms with Crippen LogP contribution in [0.4, 0.5) is 0 Å². The van der Waals surface area contributed by atoms with Crippen molar-refractivity contribution < 1.29 is 0 Å². The quantitative estimate of drug-likeness (QED) is 0.796. The Labute approximate surface area is 123 Å². The minimum absolute atomic E-state index is 0.768. The maximum absolute atomic E-state index is 6.15. The lowest BCUT2D eigenvalue weighted by Gasteiger charge is -1.99. The largest absolute Gasteiger partial charge is 0.317 e. The van der Waals surface area contributed by atoms with Crippen LogP contribution >= 0.6 is 22.9 Å². The molecule has 0 saturated heterocycles. The SMILES string of the molecule is CCNCCCc1nnc(Cc2ccccc2Cl)s1. The molecule has 0 aliphatic heterocycles. The van der Waals surface area contributed by atoms with E-state index < -0.39 is 0 Å². The van der Waals surface area contributed by atoms with Crippen LogP contribution in [0.3, 0.4) is 0 Å². The maximum atomic E-state index is 6.15. The number of nitrogens with one attached hydrogen (secondary N) is 1. The highest BCUT2D eigenvalue weighted by Gasteiger charge is 2.07. The highest BCUT2D eigenvalue weighted by Crippen LogP contribution is 2.21. The van der Waals surface area contributed by atoms with Crippen molar-refractivity contribution in [2.24, 2.45) is 0 Å². The van der Waals surface area contributed by atoms with Crippen LogP contribution in [0.5, 0.6) is 0 Å². The number of hydrogen-bond acceptors (Lipinski definition) is 4. The Kier molecular flexibility index (Phi) is 5.76. The number of hydrogen-bond donors (Lipinski definition) is 1. The molecule has 1 aromatic carbocycles. The molecule has 0 aliphatic carbocycles. The van der Waals surface area contributed by atoms with E-state index in [0.717, 1.165) is 53.0 Å². The molecule has 1 N–H and O–H groups in total. The van der Waals surface area contributed by atoms with E-state index in [-0.39, 0.29) is 0 Å². The number of halogens is 1. The molecule has 1 aromatic heterocycles. The number of aromatic nitrogens is 2. The summed E-state index contributed by atoms with van der Waals surface area (Å²) in [5.74, 6) is 0. The first kappa shape index (κ1) is 14.4. The van der Waals surface area contributed by atoms with E-state index in [0.29, 0.717) is 0 Å². The van der Waals surface area contributed by atoms with Gasteiger partial charge in [-0.15, -0.1) is 21.5 Å². The monoisotopic (exact) mass is 295 g/mol. The highest BCUT2D eigenvalue weighted by molar-refractivity contribution is 7.11. The van der Waals surface area contributed by atoms with Crippen molar-refractivity contribution in [2.75, 3.05) is 13.1 Å². The van der Waals surface area contributed by atoms with Crippen molar-refractivity contribution in [3.05, 3.63) is 44.9 Å². The molecule has 0 radical (unpaired) electrons. The highest BCUT2D eigenvalue weighted by atomic mass is 35.5. The lowest BCUT2D eigenvalue weighted by Crippen LogP contribution is -2.14. The molecule has 0 bridgehead atoms. The Bertz CT molecular complexity index is 513. The normalized spacial score (nSPS) is 10.8. The van der Waals surface area contributed by atoms with E-state index >= 15 is 0 Å². The summed E-state index contributed by atoms with van der Waals surface area (Å²) in [6.07, 6.45) is 2.87. The molecular weight excluding hydrogens is 278 g/mol. The van der Waals surface area contributed by atoms with Gasteiger partial charge in [0.25, 0.3) is 0 Å². The first-order valence-electron chi connectivity index (χ1n) is 6.55. The first-order valence-corrected chi connectivity index (χ1v) is 7.74. The van der Waals surface area contributed by atoms with E-state index in [2.05, 4.69) is 22.4 Å². The first-order chi connectivity index (χ1) is 9.29. The molecule has 102 valence electrons. The molecule has 0 spiro atoms. The van der Waals surface area contributed by atoms with Crippen molar-refractivity contribution in [3.8, 4) is 0 Å². The minimum Gasteiger partial charge on any atom is -0.317 e. The van der Waals surface area contributed by atoms with Crippen LogP contribution in [0, 0.1) is 0 Å². The summed E-state index contributed by atoms with van der Waals surface area (Å²) < 4.78 is 0. The van der Waals surface area contributed by atoms with Gasteiger partial charge in [-0.05, 0) is 31.1 Å². The van der Waals surface area contributed by atoms with Crippen molar-refractivity contribution in [1.29, 1.82) is 0 Å². The second-order valence-electron chi connectivity index (χ2n) is 4.31. The van der Waals surface area contributed by atoms with Gasteiger partial charge < -0.3 is 5.32 Å². The van der Waals surface area contributed by atoms with E-state index in [9.17, 15) is 0 Å². The average molecular weight is 296 g/mol. The van der Waals surface area contributed by atoms with E-state index in [4.69, 9.17) is 11.6 Å². The predicted octanol–water partition coefficient (Wildman–Crippen LogP) is 3.32. The Morgan fingerprint density at radius 1 is 1.21 bits per heavy atom. The molecule has 3 nitrogen and oxygen atoms in total. The zero-order valence-electron chi connectivity index (χ0n) is 11.0. The molecule has 0 saturated carbocycles. The summed E-state index contributed by atoms with van der Waals surface area (Å²) >= 11 is 7.83. The zero-order valence-corrected chi connectivity index (χ0v) is 12.6. The number of benzene rings is 1. The average Bonchev–Trinajstić information content (AvgIpc) is 2.85. The summed E-state index contributed by atoms with van der Waals surface area (Å²) in [5, 5.41) is 14.7. The molecule has 5 heteroatoms. The third-order valence-electron chi connectivity index (χ3n) is 2.80. The summed E-state index contributed by atoms with van der Waals surface area (Å²) in [5.41, 5.74) is 1.11. The van der Waals surface area contributed by atoms with Gasteiger partial charge in [0.1, 0.15) is 10.0 Å². The lowest BCUT2D eigenvalue weighted by molar-refractivity contribution is 0.669.